The molecule has 1 atom stereocenters. The van der Waals surface area contributed by atoms with Gasteiger partial charge in [0.25, 0.3) is 0 Å². The first kappa shape index (κ1) is 18.7. The summed E-state index contributed by atoms with van der Waals surface area (Å²) >= 11 is 6.26. The molecule has 0 saturated heterocycles. The van der Waals surface area contributed by atoms with E-state index in [0.29, 0.717) is 23.9 Å². The lowest BCUT2D eigenvalue weighted by Crippen LogP contribution is -2.16. The first-order valence-electron chi connectivity index (χ1n) is 8.37. The number of carbonyl (C=O) groups excluding carboxylic acids is 1. The lowest BCUT2D eigenvalue weighted by Gasteiger charge is -2.14. The fourth-order valence-electron chi connectivity index (χ4n) is 2.97. The van der Waals surface area contributed by atoms with Gasteiger partial charge in [-0.05, 0) is 31.2 Å². The van der Waals surface area contributed by atoms with Gasteiger partial charge in [-0.15, -0.1) is 0 Å². The average molecular weight is 384 g/mol. The smallest absolute Gasteiger partial charge is 0.187 e. The molecule has 0 fully saturated rings. The summed E-state index contributed by atoms with van der Waals surface area (Å²) in [6.45, 7) is 2.23. The molecule has 0 saturated carbocycles. The molecule has 3 rings (SSSR count). The highest BCUT2D eigenvalue weighted by molar-refractivity contribution is 6.32. The van der Waals surface area contributed by atoms with E-state index in [9.17, 15) is 10.1 Å². The molecule has 0 aliphatic carbocycles. The zero-order valence-corrected chi connectivity index (χ0v) is 15.9. The number of hydrogen-bond donors (Lipinski definition) is 0. The molecule has 7 heteroatoms. The van der Waals surface area contributed by atoms with Gasteiger partial charge in [0.05, 0.1) is 35.8 Å². The molecule has 2 aromatic carbocycles. The van der Waals surface area contributed by atoms with Crippen molar-refractivity contribution in [3.63, 3.8) is 0 Å². The molecule has 1 aromatic heterocycles. The number of ether oxygens (including phenoxy) is 2. The third kappa shape index (κ3) is 3.34. The number of imidazole rings is 1. The number of benzene rings is 2. The molecule has 0 aliphatic heterocycles. The van der Waals surface area contributed by atoms with E-state index in [1.807, 2.05) is 31.2 Å². The van der Waals surface area contributed by atoms with Crippen molar-refractivity contribution in [2.75, 3.05) is 13.7 Å². The molecule has 0 radical (unpaired) electrons. The van der Waals surface area contributed by atoms with E-state index < -0.39 is 11.7 Å². The second kappa shape index (κ2) is 7.68. The molecule has 0 amide bonds. The van der Waals surface area contributed by atoms with Gasteiger partial charge < -0.3 is 14.0 Å². The fourth-order valence-corrected chi connectivity index (χ4v) is 3.23. The Morgan fingerprint density at radius 1 is 1.37 bits per heavy atom. The van der Waals surface area contributed by atoms with Gasteiger partial charge in [0.15, 0.2) is 23.2 Å². The normalized spacial score (nSPS) is 11.8. The first-order chi connectivity index (χ1) is 13.0. The van der Waals surface area contributed by atoms with E-state index in [-0.39, 0.29) is 10.6 Å². The number of halogens is 1. The summed E-state index contributed by atoms with van der Waals surface area (Å²) in [5, 5.41) is 9.93. The van der Waals surface area contributed by atoms with Crippen molar-refractivity contribution in [2.45, 2.75) is 12.8 Å². The number of methoxy groups -OCH3 is 1. The topological polar surface area (TPSA) is 77.1 Å². The van der Waals surface area contributed by atoms with Gasteiger partial charge in [-0.1, -0.05) is 23.7 Å². The third-order valence-corrected chi connectivity index (χ3v) is 4.55. The molecule has 0 spiro atoms. The van der Waals surface area contributed by atoms with Gasteiger partial charge in [0, 0.05) is 12.6 Å². The predicted molar refractivity (Wildman–Crippen MR) is 103 cm³/mol. The number of aryl methyl sites for hydroxylation is 1. The van der Waals surface area contributed by atoms with E-state index in [4.69, 9.17) is 21.1 Å². The van der Waals surface area contributed by atoms with Crippen LogP contribution in [-0.2, 0) is 7.05 Å². The number of carbonyl (C=O) groups is 1. The molecular weight excluding hydrogens is 366 g/mol. The second-order valence-corrected chi connectivity index (χ2v) is 6.27. The summed E-state index contributed by atoms with van der Waals surface area (Å²) in [6.07, 6.45) is 0. The number of nitrogens with zero attached hydrogens (tertiary/aromatic N) is 3. The van der Waals surface area contributed by atoms with Gasteiger partial charge in [0.2, 0.25) is 0 Å². The monoisotopic (exact) mass is 383 g/mol. The minimum absolute atomic E-state index is 0.251. The lowest BCUT2D eigenvalue weighted by atomic mass is 9.97. The number of hydrogen-bond acceptors (Lipinski definition) is 5. The van der Waals surface area contributed by atoms with Crippen LogP contribution < -0.4 is 9.47 Å². The van der Waals surface area contributed by atoms with Crippen LogP contribution >= 0.6 is 11.6 Å². The van der Waals surface area contributed by atoms with Gasteiger partial charge in [0.1, 0.15) is 5.82 Å². The van der Waals surface area contributed by atoms with Crippen LogP contribution in [0, 0.1) is 11.3 Å². The average Bonchev–Trinajstić information content (AvgIpc) is 3.00. The van der Waals surface area contributed by atoms with E-state index in [1.54, 1.807) is 11.6 Å². The molecule has 1 unspecified atom stereocenters. The van der Waals surface area contributed by atoms with Crippen molar-refractivity contribution in [1.82, 2.24) is 9.55 Å². The molecular formula is C20H18ClN3O3. The van der Waals surface area contributed by atoms with Crippen LogP contribution in [0.25, 0.3) is 11.0 Å². The van der Waals surface area contributed by atoms with Crippen LogP contribution in [0.2, 0.25) is 5.02 Å². The summed E-state index contributed by atoms with van der Waals surface area (Å²) in [6, 6.07) is 12.6. The zero-order valence-electron chi connectivity index (χ0n) is 15.2. The van der Waals surface area contributed by atoms with Gasteiger partial charge in [-0.3, -0.25) is 4.79 Å². The number of aromatic nitrogens is 2. The molecule has 0 aliphatic rings. The van der Waals surface area contributed by atoms with Crippen molar-refractivity contribution < 1.29 is 14.3 Å². The van der Waals surface area contributed by atoms with Crippen LogP contribution in [0.15, 0.2) is 36.4 Å². The van der Waals surface area contributed by atoms with Crippen LogP contribution in [-0.4, -0.2) is 29.1 Å². The Kier molecular flexibility index (Phi) is 5.33. The highest BCUT2D eigenvalue weighted by Crippen LogP contribution is 2.37. The number of Topliss-reactive ketones (excluding diaryl/α,β-unsaturated/α-hetero) is 1. The first-order valence-corrected chi connectivity index (χ1v) is 8.75. The Labute approximate surface area is 161 Å². The van der Waals surface area contributed by atoms with Crippen LogP contribution in [0.5, 0.6) is 11.5 Å². The molecule has 1 heterocycles. The van der Waals surface area contributed by atoms with Crippen molar-refractivity contribution >= 4 is 28.4 Å². The maximum atomic E-state index is 13.1. The standard InChI is InChI=1S/C20H18ClN3O3/c1-4-27-19-14(21)9-12(10-17(19)26-3)18(25)13(11-22)20-23-15-7-5-6-8-16(15)24(20)2/h5-10,13H,4H2,1-3H3. The Morgan fingerprint density at radius 2 is 2.11 bits per heavy atom. The summed E-state index contributed by atoms with van der Waals surface area (Å²) in [4.78, 5) is 17.5. The van der Waals surface area contributed by atoms with Crippen LogP contribution in [0.1, 0.15) is 29.0 Å². The third-order valence-electron chi connectivity index (χ3n) is 4.27. The van der Waals surface area contributed by atoms with Crippen molar-refractivity contribution in [1.29, 1.82) is 5.26 Å². The number of nitriles is 1. The Hall–Kier alpha value is -3.04. The number of ketones is 1. The summed E-state index contributed by atoms with van der Waals surface area (Å²) < 4.78 is 12.5. The largest absolute Gasteiger partial charge is 0.493 e. The van der Waals surface area contributed by atoms with Gasteiger partial charge in [-0.25, -0.2) is 4.98 Å². The van der Waals surface area contributed by atoms with Crippen molar-refractivity contribution in [3.05, 3.63) is 52.8 Å². The summed E-state index contributed by atoms with van der Waals surface area (Å²) in [5.74, 6) is -0.378. The van der Waals surface area contributed by atoms with E-state index >= 15 is 0 Å². The summed E-state index contributed by atoms with van der Waals surface area (Å²) in [7, 11) is 3.25. The Bertz CT molecular complexity index is 1050. The van der Waals surface area contributed by atoms with E-state index in [2.05, 4.69) is 11.1 Å². The van der Waals surface area contributed by atoms with Gasteiger partial charge >= 0.3 is 0 Å². The molecule has 138 valence electrons. The second-order valence-electron chi connectivity index (χ2n) is 5.87. The predicted octanol–water partition coefficient (Wildman–Crippen LogP) is 4.12. The van der Waals surface area contributed by atoms with E-state index in [1.165, 1.54) is 19.2 Å². The Balaban J connectivity index is 2.06. The Morgan fingerprint density at radius 3 is 2.74 bits per heavy atom. The quantitative estimate of drug-likeness (QED) is 0.598. The number of rotatable bonds is 6. The molecule has 6 nitrogen and oxygen atoms in total. The highest BCUT2D eigenvalue weighted by atomic mass is 35.5. The molecule has 3 aromatic rings. The SMILES string of the molecule is CCOc1c(Cl)cc(C(=O)C(C#N)c2nc3ccccc3n2C)cc1OC. The van der Waals surface area contributed by atoms with E-state index in [0.717, 1.165) is 11.0 Å². The molecule has 0 bridgehead atoms. The lowest BCUT2D eigenvalue weighted by molar-refractivity contribution is 0.0975. The van der Waals surface area contributed by atoms with Gasteiger partial charge in [-0.2, -0.15) is 5.26 Å². The zero-order chi connectivity index (χ0) is 19.6. The fraction of sp³-hybridized carbons (Fsp3) is 0.250. The summed E-state index contributed by atoms with van der Waals surface area (Å²) in [5.41, 5.74) is 1.84. The number of para-hydroxylation sites is 2. The minimum Gasteiger partial charge on any atom is -0.493 e. The molecule has 27 heavy (non-hydrogen) atoms. The van der Waals surface area contributed by atoms with Crippen molar-refractivity contribution in [2.24, 2.45) is 7.05 Å². The molecule has 0 N–H and O–H groups in total. The minimum atomic E-state index is -1.07. The highest BCUT2D eigenvalue weighted by Gasteiger charge is 2.28. The van der Waals surface area contributed by atoms with Crippen molar-refractivity contribution in [3.8, 4) is 17.6 Å². The maximum Gasteiger partial charge on any atom is 0.187 e. The maximum absolute atomic E-state index is 13.1. The van der Waals surface area contributed by atoms with Crippen LogP contribution in [0.4, 0.5) is 0 Å². The van der Waals surface area contributed by atoms with Crippen LogP contribution in [0.3, 0.4) is 0 Å². The number of fused-ring (bicyclic) bond motifs is 1.